The predicted octanol–water partition coefficient (Wildman–Crippen LogP) is 4.90. The predicted molar refractivity (Wildman–Crippen MR) is 84.6 cm³/mol. The lowest BCUT2D eigenvalue weighted by atomic mass is 10.1. The standard InChI is InChI=1S/C16H17Cl2NO/c1-10-8-12(11(2)19)6-7-16(10)20-9-13-14(17)4-3-5-15(13)18/h3-8,11H,9,19H2,1-2H3/t11-/m0/s1. The molecule has 0 spiro atoms. The van der Waals surface area contributed by atoms with Crippen LogP contribution in [0.2, 0.25) is 10.0 Å². The van der Waals surface area contributed by atoms with Crippen molar-refractivity contribution < 1.29 is 4.74 Å². The van der Waals surface area contributed by atoms with Crippen molar-refractivity contribution in [1.29, 1.82) is 0 Å². The topological polar surface area (TPSA) is 35.2 Å². The molecule has 0 saturated carbocycles. The highest BCUT2D eigenvalue weighted by molar-refractivity contribution is 6.35. The average Bonchev–Trinajstić information content (AvgIpc) is 2.39. The Kier molecular flexibility index (Phi) is 4.92. The van der Waals surface area contributed by atoms with E-state index in [0.717, 1.165) is 22.4 Å². The fourth-order valence-electron chi connectivity index (χ4n) is 1.94. The van der Waals surface area contributed by atoms with Gasteiger partial charge in [0.1, 0.15) is 12.4 Å². The third-order valence-corrected chi connectivity index (χ3v) is 3.87. The van der Waals surface area contributed by atoms with Crippen LogP contribution in [0, 0.1) is 6.92 Å². The lowest BCUT2D eigenvalue weighted by Crippen LogP contribution is -2.05. The fraction of sp³-hybridized carbons (Fsp3) is 0.250. The maximum absolute atomic E-state index is 6.12. The minimum absolute atomic E-state index is 0.0146. The van der Waals surface area contributed by atoms with E-state index < -0.39 is 0 Å². The van der Waals surface area contributed by atoms with Crippen molar-refractivity contribution in [2.45, 2.75) is 26.5 Å². The fourth-order valence-corrected chi connectivity index (χ4v) is 2.44. The summed E-state index contributed by atoms with van der Waals surface area (Å²) in [6.07, 6.45) is 0. The van der Waals surface area contributed by atoms with E-state index in [0.29, 0.717) is 16.7 Å². The van der Waals surface area contributed by atoms with Gasteiger partial charge in [0.05, 0.1) is 0 Å². The molecule has 0 saturated heterocycles. The van der Waals surface area contributed by atoms with Gasteiger partial charge in [0.2, 0.25) is 0 Å². The Labute approximate surface area is 129 Å². The van der Waals surface area contributed by atoms with Crippen molar-refractivity contribution in [3.63, 3.8) is 0 Å². The minimum atomic E-state index is 0.0146. The van der Waals surface area contributed by atoms with E-state index in [1.807, 2.05) is 38.1 Å². The second-order valence-corrected chi connectivity index (χ2v) is 5.62. The first kappa shape index (κ1) is 15.2. The summed E-state index contributed by atoms with van der Waals surface area (Å²) < 4.78 is 5.81. The molecule has 0 amide bonds. The van der Waals surface area contributed by atoms with Crippen molar-refractivity contribution in [1.82, 2.24) is 0 Å². The maximum atomic E-state index is 6.12. The summed E-state index contributed by atoms with van der Waals surface area (Å²) in [5, 5.41) is 1.23. The van der Waals surface area contributed by atoms with E-state index in [1.54, 1.807) is 12.1 Å². The van der Waals surface area contributed by atoms with Crippen LogP contribution < -0.4 is 10.5 Å². The molecule has 4 heteroatoms. The molecule has 0 unspecified atom stereocenters. The van der Waals surface area contributed by atoms with E-state index >= 15 is 0 Å². The summed E-state index contributed by atoms with van der Waals surface area (Å²) in [5.41, 5.74) is 8.79. The van der Waals surface area contributed by atoms with E-state index in [-0.39, 0.29) is 6.04 Å². The molecule has 2 N–H and O–H groups in total. The van der Waals surface area contributed by atoms with Gasteiger partial charge in [0.15, 0.2) is 0 Å². The molecule has 2 aromatic rings. The van der Waals surface area contributed by atoms with E-state index in [9.17, 15) is 0 Å². The van der Waals surface area contributed by atoms with Crippen LogP contribution in [0.15, 0.2) is 36.4 Å². The molecule has 0 aromatic heterocycles. The Morgan fingerprint density at radius 1 is 1.15 bits per heavy atom. The van der Waals surface area contributed by atoms with Gasteiger partial charge in [-0.2, -0.15) is 0 Å². The monoisotopic (exact) mass is 309 g/mol. The molecule has 1 atom stereocenters. The molecule has 20 heavy (non-hydrogen) atoms. The highest BCUT2D eigenvalue weighted by Crippen LogP contribution is 2.27. The molecule has 2 rings (SSSR count). The number of halogens is 2. The first-order valence-corrected chi connectivity index (χ1v) is 7.16. The minimum Gasteiger partial charge on any atom is -0.489 e. The van der Waals surface area contributed by atoms with Crippen LogP contribution in [0.25, 0.3) is 0 Å². The normalized spacial score (nSPS) is 12.2. The van der Waals surface area contributed by atoms with Crippen LogP contribution in [0.5, 0.6) is 5.75 Å². The number of ether oxygens (including phenoxy) is 1. The Morgan fingerprint density at radius 2 is 1.80 bits per heavy atom. The van der Waals surface area contributed by atoms with Crippen LogP contribution in [0.4, 0.5) is 0 Å². The largest absolute Gasteiger partial charge is 0.489 e. The quantitative estimate of drug-likeness (QED) is 0.871. The molecule has 0 radical (unpaired) electrons. The van der Waals surface area contributed by atoms with Crippen molar-refractivity contribution in [2.24, 2.45) is 5.73 Å². The SMILES string of the molecule is Cc1cc([C@H](C)N)ccc1OCc1c(Cl)cccc1Cl. The zero-order valence-electron chi connectivity index (χ0n) is 11.5. The molecular weight excluding hydrogens is 293 g/mol. The second kappa shape index (κ2) is 6.49. The van der Waals surface area contributed by atoms with Crippen LogP contribution >= 0.6 is 23.2 Å². The number of benzene rings is 2. The van der Waals surface area contributed by atoms with E-state index in [2.05, 4.69) is 0 Å². The van der Waals surface area contributed by atoms with Crippen molar-refractivity contribution in [2.75, 3.05) is 0 Å². The second-order valence-electron chi connectivity index (χ2n) is 4.80. The Hall–Kier alpha value is -1.22. The van der Waals surface area contributed by atoms with Crippen LogP contribution in [0.1, 0.15) is 29.7 Å². The van der Waals surface area contributed by atoms with Gasteiger partial charge >= 0.3 is 0 Å². The van der Waals surface area contributed by atoms with Crippen molar-refractivity contribution >= 4 is 23.2 Å². The molecule has 0 heterocycles. The summed E-state index contributed by atoms with van der Waals surface area (Å²) >= 11 is 12.2. The first-order valence-electron chi connectivity index (χ1n) is 6.41. The number of aryl methyl sites for hydroxylation is 1. The third-order valence-electron chi connectivity index (χ3n) is 3.16. The molecule has 106 valence electrons. The zero-order chi connectivity index (χ0) is 14.7. The summed E-state index contributed by atoms with van der Waals surface area (Å²) in [7, 11) is 0. The van der Waals surface area contributed by atoms with E-state index in [4.69, 9.17) is 33.7 Å². The summed E-state index contributed by atoms with van der Waals surface area (Å²) in [4.78, 5) is 0. The van der Waals surface area contributed by atoms with Gasteiger partial charge in [-0.15, -0.1) is 0 Å². The summed E-state index contributed by atoms with van der Waals surface area (Å²) in [6, 6.07) is 11.4. The summed E-state index contributed by atoms with van der Waals surface area (Å²) in [5.74, 6) is 0.811. The van der Waals surface area contributed by atoms with Crippen molar-refractivity contribution in [3.05, 3.63) is 63.1 Å². The van der Waals surface area contributed by atoms with Crippen LogP contribution in [0.3, 0.4) is 0 Å². The molecule has 0 aliphatic carbocycles. The molecule has 2 nitrogen and oxygen atoms in total. The maximum Gasteiger partial charge on any atom is 0.122 e. The molecule has 0 bridgehead atoms. The number of hydrogen-bond acceptors (Lipinski definition) is 2. The summed E-state index contributed by atoms with van der Waals surface area (Å²) in [6.45, 7) is 4.30. The first-order chi connectivity index (χ1) is 9.49. The number of rotatable bonds is 4. The molecular formula is C16H17Cl2NO. The van der Waals surface area contributed by atoms with Crippen LogP contribution in [-0.4, -0.2) is 0 Å². The van der Waals surface area contributed by atoms with E-state index in [1.165, 1.54) is 0 Å². The number of hydrogen-bond donors (Lipinski definition) is 1. The smallest absolute Gasteiger partial charge is 0.122 e. The van der Waals surface area contributed by atoms with Crippen LogP contribution in [-0.2, 0) is 6.61 Å². The molecule has 0 fully saturated rings. The zero-order valence-corrected chi connectivity index (χ0v) is 13.0. The number of nitrogens with two attached hydrogens (primary N) is 1. The van der Waals surface area contributed by atoms with Gasteiger partial charge in [-0.3, -0.25) is 0 Å². The average molecular weight is 310 g/mol. The van der Waals surface area contributed by atoms with Gasteiger partial charge in [0, 0.05) is 21.7 Å². The Balaban J connectivity index is 2.15. The van der Waals surface area contributed by atoms with Gasteiger partial charge in [0.25, 0.3) is 0 Å². The Morgan fingerprint density at radius 3 is 2.35 bits per heavy atom. The van der Waals surface area contributed by atoms with Gasteiger partial charge < -0.3 is 10.5 Å². The van der Waals surface area contributed by atoms with Crippen molar-refractivity contribution in [3.8, 4) is 5.75 Å². The lowest BCUT2D eigenvalue weighted by molar-refractivity contribution is 0.304. The molecule has 0 aliphatic rings. The van der Waals surface area contributed by atoms with Gasteiger partial charge in [-0.25, -0.2) is 0 Å². The highest BCUT2D eigenvalue weighted by atomic mass is 35.5. The van der Waals surface area contributed by atoms with Gasteiger partial charge in [-0.1, -0.05) is 41.4 Å². The molecule has 0 aliphatic heterocycles. The highest BCUT2D eigenvalue weighted by Gasteiger charge is 2.08. The molecule has 2 aromatic carbocycles. The Bertz CT molecular complexity index is 591. The van der Waals surface area contributed by atoms with Gasteiger partial charge in [-0.05, 0) is 43.2 Å². The third kappa shape index (κ3) is 3.45. The lowest BCUT2D eigenvalue weighted by Gasteiger charge is -2.13.